The first kappa shape index (κ1) is 15.0. The van der Waals surface area contributed by atoms with E-state index in [9.17, 15) is 4.79 Å². The van der Waals surface area contributed by atoms with Crippen molar-refractivity contribution in [2.75, 3.05) is 6.61 Å². The molecule has 18 heavy (non-hydrogen) atoms. The number of rotatable bonds is 5. The fourth-order valence-corrected chi connectivity index (χ4v) is 1.92. The topological polar surface area (TPSA) is 39.2 Å². The van der Waals surface area contributed by atoms with E-state index >= 15 is 0 Å². The largest absolute Gasteiger partial charge is 0.465 e. The molecular formula is C13H15Cl2NO2. The Morgan fingerprint density at radius 2 is 2.28 bits per heavy atom. The Kier molecular flexibility index (Phi) is 5.17. The van der Waals surface area contributed by atoms with Crippen LogP contribution in [0.1, 0.15) is 19.4 Å². The van der Waals surface area contributed by atoms with Crippen molar-refractivity contribution in [1.29, 1.82) is 0 Å². The van der Waals surface area contributed by atoms with E-state index in [0.29, 0.717) is 23.2 Å². The molecule has 0 bridgehead atoms. The molecule has 1 aromatic heterocycles. The molecule has 1 unspecified atom stereocenters. The lowest BCUT2D eigenvalue weighted by Crippen LogP contribution is -2.30. The Morgan fingerprint density at radius 1 is 1.61 bits per heavy atom. The Morgan fingerprint density at radius 3 is 2.78 bits per heavy atom. The third-order valence-corrected chi connectivity index (χ3v) is 3.20. The van der Waals surface area contributed by atoms with E-state index in [1.54, 1.807) is 32.2 Å². The molecule has 0 fully saturated rings. The maximum absolute atomic E-state index is 11.9. The van der Waals surface area contributed by atoms with E-state index in [-0.39, 0.29) is 5.97 Å². The van der Waals surface area contributed by atoms with Crippen molar-refractivity contribution >= 4 is 29.2 Å². The zero-order valence-corrected chi connectivity index (χ0v) is 11.9. The van der Waals surface area contributed by atoms with Crippen molar-refractivity contribution in [1.82, 2.24) is 4.98 Å². The van der Waals surface area contributed by atoms with Gasteiger partial charge in [-0.2, -0.15) is 0 Å². The molecule has 0 aromatic carbocycles. The van der Waals surface area contributed by atoms with Crippen molar-refractivity contribution < 1.29 is 9.53 Å². The minimum Gasteiger partial charge on any atom is -0.465 e. The van der Waals surface area contributed by atoms with Gasteiger partial charge < -0.3 is 4.74 Å². The van der Waals surface area contributed by atoms with Gasteiger partial charge in [-0.1, -0.05) is 29.3 Å². The zero-order valence-electron chi connectivity index (χ0n) is 10.4. The molecule has 0 saturated carbocycles. The quantitative estimate of drug-likeness (QED) is 0.471. The van der Waals surface area contributed by atoms with Gasteiger partial charge in [0.2, 0.25) is 0 Å². The van der Waals surface area contributed by atoms with Gasteiger partial charge in [0, 0.05) is 11.2 Å². The molecule has 1 aromatic rings. The van der Waals surface area contributed by atoms with Crippen molar-refractivity contribution in [3.8, 4) is 0 Å². The predicted octanol–water partition coefficient (Wildman–Crippen LogP) is 3.69. The van der Waals surface area contributed by atoms with Gasteiger partial charge in [0.15, 0.2) is 0 Å². The average Bonchev–Trinajstić information content (AvgIpc) is 2.33. The maximum atomic E-state index is 11.9. The summed E-state index contributed by atoms with van der Waals surface area (Å²) in [5.74, 6) is -0.328. The Hall–Kier alpha value is -1.06. The van der Waals surface area contributed by atoms with Crippen LogP contribution in [0, 0.1) is 5.41 Å². The lowest BCUT2D eigenvalue weighted by Gasteiger charge is -2.23. The third kappa shape index (κ3) is 3.47. The van der Waals surface area contributed by atoms with Gasteiger partial charge in [-0.3, -0.25) is 4.79 Å². The molecule has 0 spiro atoms. The second kappa shape index (κ2) is 6.21. The van der Waals surface area contributed by atoms with Gasteiger partial charge in [0.25, 0.3) is 0 Å². The van der Waals surface area contributed by atoms with Gasteiger partial charge in [0.05, 0.1) is 12.0 Å². The monoisotopic (exact) mass is 287 g/mol. The SMILES string of the molecule is C=CC(C)(Cc1cnc(Cl)cc1Cl)C(=O)OCC. The molecule has 1 atom stereocenters. The summed E-state index contributed by atoms with van der Waals surface area (Å²) in [5, 5.41) is 0.799. The first-order valence-electron chi connectivity index (χ1n) is 5.53. The van der Waals surface area contributed by atoms with Crippen LogP contribution in [-0.2, 0) is 16.0 Å². The Balaban J connectivity index is 2.98. The summed E-state index contributed by atoms with van der Waals surface area (Å²) in [5.41, 5.74) is -0.0914. The van der Waals surface area contributed by atoms with Crippen LogP contribution in [0.5, 0.6) is 0 Å². The molecule has 1 heterocycles. The minimum absolute atomic E-state index is 0.320. The van der Waals surface area contributed by atoms with Crippen molar-refractivity contribution in [3.05, 3.63) is 40.7 Å². The van der Waals surface area contributed by atoms with Crippen LogP contribution in [0.4, 0.5) is 0 Å². The summed E-state index contributed by atoms with van der Waals surface area (Å²) in [6.07, 6.45) is 3.50. The number of hydrogen-bond acceptors (Lipinski definition) is 3. The van der Waals surface area contributed by atoms with Crippen LogP contribution >= 0.6 is 23.2 Å². The molecule has 1 rings (SSSR count). The molecule has 98 valence electrons. The number of ether oxygens (including phenoxy) is 1. The summed E-state index contributed by atoms with van der Waals surface area (Å²) in [7, 11) is 0. The van der Waals surface area contributed by atoms with Gasteiger partial charge in [-0.15, -0.1) is 6.58 Å². The molecule has 0 amide bonds. The standard InChI is InChI=1S/C13H15Cl2NO2/c1-4-13(3,12(17)18-5-2)7-9-8-16-11(15)6-10(9)14/h4,6,8H,1,5,7H2,2-3H3. The third-order valence-electron chi connectivity index (χ3n) is 2.65. The van der Waals surface area contributed by atoms with E-state index in [2.05, 4.69) is 11.6 Å². The fraction of sp³-hybridized carbons (Fsp3) is 0.385. The fourth-order valence-electron chi connectivity index (χ4n) is 1.49. The minimum atomic E-state index is -0.824. The normalized spacial score (nSPS) is 13.8. The Bertz CT molecular complexity index is 462. The predicted molar refractivity (Wildman–Crippen MR) is 72.9 cm³/mol. The summed E-state index contributed by atoms with van der Waals surface area (Å²) < 4.78 is 5.03. The summed E-state index contributed by atoms with van der Waals surface area (Å²) in [4.78, 5) is 15.9. The smallest absolute Gasteiger partial charge is 0.315 e. The highest BCUT2D eigenvalue weighted by atomic mass is 35.5. The van der Waals surface area contributed by atoms with E-state index in [0.717, 1.165) is 5.56 Å². The van der Waals surface area contributed by atoms with Gasteiger partial charge in [-0.05, 0) is 31.9 Å². The van der Waals surface area contributed by atoms with Crippen molar-refractivity contribution in [2.45, 2.75) is 20.3 Å². The molecular weight excluding hydrogens is 273 g/mol. The molecule has 0 aliphatic rings. The molecule has 0 N–H and O–H groups in total. The van der Waals surface area contributed by atoms with E-state index in [1.165, 1.54) is 0 Å². The highest BCUT2D eigenvalue weighted by Gasteiger charge is 2.32. The lowest BCUT2D eigenvalue weighted by atomic mass is 9.84. The van der Waals surface area contributed by atoms with Gasteiger partial charge in [0.1, 0.15) is 5.15 Å². The zero-order chi connectivity index (χ0) is 13.8. The second-order valence-electron chi connectivity index (χ2n) is 4.12. The summed E-state index contributed by atoms with van der Waals surface area (Å²) in [6.45, 7) is 7.53. The lowest BCUT2D eigenvalue weighted by molar-refractivity contribution is -0.151. The number of nitrogens with zero attached hydrogens (tertiary/aromatic N) is 1. The second-order valence-corrected chi connectivity index (χ2v) is 4.91. The summed E-state index contributed by atoms with van der Waals surface area (Å²) in [6, 6.07) is 1.55. The van der Waals surface area contributed by atoms with Gasteiger partial charge in [-0.25, -0.2) is 4.98 Å². The van der Waals surface area contributed by atoms with Crippen LogP contribution in [0.15, 0.2) is 24.9 Å². The number of esters is 1. The number of pyridine rings is 1. The van der Waals surface area contributed by atoms with Crippen molar-refractivity contribution in [2.24, 2.45) is 5.41 Å². The van der Waals surface area contributed by atoms with Crippen LogP contribution < -0.4 is 0 Å². The van der Waals surface area contributed by atoms with E-state index in [1.807, 2.05) is 0 Å². The van der Waals surface area contributed by atoms with Crippen LogP contribution in [0.3, 0.4) is 0 Å². The molecule has 0 saturated heterocycles. The molecule has 0 radical (unpaired) electrons. The van der Waals surface area contributed by atoms with Crippen LogP contribution in [0.25, 0.3) is 0 Å². The highest BCUT2D eigenvalue weighted by molar-refractivity contribution is 6.34. The maximum Gasteiger partial charge on any atom is 0.315 e. The molecule has 0 aliphatic carbocycles. The number of carbonyl (C=O) groups is 1. The molecule has 3 nitrogen and oxygen atoms in total. The highest BCUT2D eigenvalue weighted by Crippen LogP contribution is 2.29. The number of hydrogen-bond donors (Lipinski definition) is 0. The number of carbonyl (C=O) groups excluding carboxylic acids is 1. The van der Waals surface area contributed by atoms with Crippen molar-refractivity contribution in [3.63, 3.8) is 0 Å². The number of halogens is 2. The Labute approximate surface area is 117 Å². The molecule has 5 heteroatoms. The summed E-state index contributed by atoms with van der Waals surface area (Å²) >= 11 is 11.8. The first-order valence-corrected chi connectivity index (χ1v) is 6.29. The first-order chi connectivity index (χ1) is 8.42. The average molecular weight is 288 g/mol. The van der Waals surface area contributed by atoms with Gasteiger partial charge >= 0.3 is 5.97 Å². The number of aromatic nitrogens is 1. The molecule has 0 aliphatic heterocycles. The van der Waals surface area contributed by atoms with Crippen LogP contribution in [-0.4, -0.2) is 17.6 Å². The van der Waals surface area contributed by atoms with Crippen LogP contribution in [0.2, 0.25) is 10.2 Å². The van der Waals surface area contributed by atoms with E-state index < -0.39 is 5.41 Å². The van der Waals surface area contributed by atoms with E-state index in [4.69, 9.17) is 27.9 Å².